The molecule has 2 heterocycles. The van der Waals surface area contributed by atoms with Crippen molar-refractivity contribution < 1.29 is 14.7 Å². The van der Waals surface area contributed by atoms with Crippen LogP contribution in [0.4, 0.5) is 0 Å². The van der Waals surface area contributed by atoms with Gasteiger partial charge in [-0.25, -0.2) is 0 Å². The molecule has 1 unspecified atom stereocenters. The summed E-state index contributed by atoms with van der Waals surface area (Å²) < 4.78 is 0. The maximum atomic E-state index is 12.4. The molecule has 21 heavy (non-hydrogen) atoms. The van der Waals surface area contributed by atoms with Crippen LogP contribution in [0.2, 0.25) is 0 Å². The third-order valence-electron chi connectivity index (χ3n) is 3.81. The first-order valence-corrected chi connectivity index (χ1v) is 6.70. The molecule has 1 aliphatic heterocycles. The Kier molecular flexibility index (Phi) is 3.21. The molecule has 2 aromatic rings. The largest absolute Gasteiger partial charge is 0.481 e. The summed E-state index contributed by atoms with van der Waals surface area (Å²) in [5.41, 5.74) is 0.279. The minimum absolute atomic E-state index is 0.0553. The van der Waals surface area contributed by atoms with Gasteiger partial charge in [0.15, 0.2) is 0 Å². The molecule has 6 nitrogen and oxygen atoms in total. The Morgan fingerprint density at radius 2 is 2.05 bits per heavy atom. The lowest BCUT2D eigenvalue weighted by atomic mass is 10.1. The van der Waals surface area contributed by atoms with Crippen LogP contribution >= 0.6 is 0 Å². The zero-order valence-corrected chi connectivity index (χ0v) is 11.2. The van der Waals surface area contributed by atoms with E-state index in [9.17, 15) is 14.4 Å². The number of nitrogens with zero attached hydrogens (tertiary/aromatic N) is 1. The van der Waals surface area contributed by atoms with Crippen molar-refractivity contribution in [1.82, 2.24) is 9.88 Å². The molecule has 1 atom stereocenters. The van der Waals surface area contributed by atoms with Crippen molar-refractivity contribution in [2.45, 2.75) is 6.42 Å². The molecule has 1 amide bonds. The Morgan fingerprint density at radius 3 is 2.76 bits per heavy atom. The Hall–Kier alpha value is -2.63. The standard InChI is InChI=1S/C15H14N2O4/c18-13-11(7-9-3-1-2-4-12(9)16-13)14(19)17-6-5-10(8-17)15(20)21/h1-4,7,10H,5-6,8H2,(H,16,18)(H,20,21). The second-order valence-electron chi connectivity index (χ2n) is 5.17. The number of carboxylic acid groups (broad SMARTS) is 1. The van der Waals surface area contributed by atoms with Gasteiger partial charge in [-0.2, -0.15) is 0 Å². The van der Waals surface area contributed by atoms with Gasteiger partial charge in [-0.15, -0.1) is 0 Å². The summed E-state index contributed by atoms with van der Waals surface area (Å²) >= 11 is 0. The van der Waals surface area contributed by atoms with Crippen molar-refractivity contribution in [3.63, 3.8) is 0 Å². The summed E-state index contributed by atoms with van der Waals surface area (Å²) in [6.45, 7) is 0.516. The molecule has 1 aromatic heterocycles. The molecule has 108 valence electrons. The fourth-order valence-corrected chi connectivity index (χ4v) is 2.62. The quantitative estimate of drug-likeness (QED) is 0.864. The topological polar surface area (TPSA) is 90.5 Å². The molecule has 1 saturated heterocycles. The van der Waals surface area contributed by atoms with Gasteiger partial charge in [-0.1, -0.05) is 18.2 Å². The number of carbonyl (C=O) groups is 2. The van der Waals surface area contributed by atoms with Crippen LogP contribution in [0.15, 0.2) is 35.1 Å². The summed E-state index contributed by atoms with van der Waals surface area (Å²) in [4.78, 5) is 39.5. The zero-order valence-electron chi connectivity index (χ0n) is 11.2. The highest BCUT2D eigenvalue weighted by Crippen LogP contribution is 2.19. The van der Waals surface area contributed by atoms with Crippen LogP contribution in [0, 0.1) is 5.92 Å². The Balaban J connectivity index is 1.93. The summed E-state index contributed by atoms with van der Waals surface area (Å²) in [7, 11) is 0. The van der Waals surface area contributed by atoms with Crippen LogP contribution in [0.1, 0.15) is 16.8 Å². The fourth-order valence-electron chi connectivity index (χ4n) is 2.62. The van der Waals surface area contributed by atoms with Crippen molar-refractivity contribution in [2.24, 2.45) is 5.92 Å². The molecule has 0 saturated carbocycles. The fraction of sp³-hybridized carbons (Fsp3) is 0.267. The molecule has 0 spiro atoms. The maximum absolute atomic E-state index is 12.4. The van der Waals surface area contributed by atoms with Crippen LogP contribution < -0.4 is 5.56 Å². The second-order valence-corrected chi connectivity index (χ2v) is 5.17. The van der Waals surface area contributed by atoms with E-state index >= 15 is 0 Å². The van der Waals surface area contributed by atoms with E-state index in [1.54, 1.807) is 18.2 Å². The van der Waals surface area contributed by atoms with E-state index in [0.717, 1.165) is 5.39 Å². The van der Waals surface area contributed by atoms with Gasteiger partial charge in [0.1, 0.15) is 5.56 Å². The number of aromatic amines is 1. The maximum Gasteiger partial charge on any atom is 0.308 e. The van der Waals surface area contributed by atoms with Crippen LogP contribution in [0.5, 0.6) is 0 Å². The van der Waals surface area contributed by atoms with E-state index in [0.29, 0.717) is 18.5 Å². The lowest BCUT2D eigenvalue weighted by Gasteiger charge is -2.15. The SMILES string of the molecule is O=C(O)C1CCN(C(=O)c2cc3ccccc3[nH]c2=O)C1. The highest BCUT2D eigenvalue weighted by molar-refractivity contribution is 5.97. The highest BCUT2D eigenvalue weighted by Gasteiger charge is 2.32. The predicted molar refractivity (Wildman–Crippen MR) is 76.2 cm³/mol. The molecule has 0 radical (unpaired) electrons. The van der Waals surface area contributed by atoms with Crippen LogP contribution in [0.3, 0.4) is 0 Å². The number of benzene rings is 1. The number of carboxylic acids is 1. The third-order valence-corrected chi connectivity index (χ3v) is 3.81. The van der Waals surface area contributed by atoms with Crippen molar-refractivity contribution in [3.8, 4) is 0 Å². The summed E-state index contributed by atoms with van der Waals surface area (Å²) in [6, 6.07) is 8.76. The first kappa shape index (κ1) is 13.4. The van der Waals surface area contributed by atoms with Gasteiger partial charge < -0.3 is 15.0 Å². The van der Waals surface area contributed by atoms with Crippen LogP contribution in [-0.4, -0.2) is 40.0 Å². The molecule has 0 aliphatic carbocycles. The van der Waals surface area contributed by atoms with Gasteiger partial charge >= 0.3 is 5.97 Å². The number of likely N-dealkylation sites (tertiary alicyclic amines) is 1. The minimum atomic E-state index is -0.905. The molecular weight excluding hydrogens is 272 g/mol. The minimum Gasteiger partial charge on any atom is -0.481 e. The van der Waals surface area contributed by atoms with Crippen molar-refractivity contribution in [2.75, 3.05) is 13.1 Å². The Labute approximate surface area is 120 Å². The predicted octanol–water partition coefficient (Wildman–Crippen LogP) is 1.07. The number of pyridine rings is 1. The second kappa shape index (κ2) is 5.05. The number of aliphatic carboxylic acids is 1. The molecule has 1 aliphatic rings. The first-order valence-electron chi connectivity index (χ1n) is 6.70. The number of H-pyrrole nitrogens is 1. The van der Waals surface area contributed by atoms with E-state index in [-0.39, 0.29) is 12.1 Å². The van der Waals surface area contributed by atoms with Gasteiger partial charge in [-0.05, 0) is 23.9 Å². The van der Waals surface area contributed by atoms with E-state index in [2.05, 4.69) is 4.98 Å². The molecule has 1 aromatic carbocycles. The van der Waals surface area contributed by atoms with Gasteiger partial charge in [0.25, 0.3) is 11.5 Å². The smallest absolute Gasteiger partial charge is 0.308 e. The number of aromatic nitrogens is 1. The van der Waals surface area contributed by atoms with E-state index in [1.165, 1.54) is 4.90 Å². The third kappa shape index (κ3) is 2.40. The number of carbonyl (C=O) groups excluding carboxylic acids is 1. The lowest BCUT2D eigenvalue weighted by Crippen LogP contribution is -2.33. The molecule has 3 rings (SSSR count). The van der Waals surface area contributed by atoms with Crippen LogP contribution in [-0.2, 0) is 4.79 Å². The number of hydrogen-bond acceptors (Lipinski definition) is 3. The van der Waals surface area contributed by atoms with Crippen molar-refractivity contribution in [3.05, 3.63) is 46.2 Å². The number of para-hydroxylation sites is 1. The average Bonchev–Trinajstić information content (AvgIpc) is 2.96. The molecule has 1 fully saturated rings. The molecule has 6 heteroatoms. The lowest BCUT2D eigenvalue weighted by molar-refractivity contribution is -0.141. The highest BCUT2D eigenvalue weighted by atomic mass is 16.4. The number of nitrogens with one attached hydrogen (secondary N) is 1. The monoisotopic (exact) mass is 286 g/mol. The summed E-state index contributed by atoms with van der Waals surface area (Å²) in [5.74, 6) is -1.86. The first-order chi connectivity index (χ1) is 10.1. The van der Waals surface area contributed by atoms with Crippen molar-refractivity contribution in [1.29, 1.82) is 0 Å². The zero-order chi connectivity index (χ0) is 15.0. The Morgan fingerprint density at radius 1 is 1.29 bits per heavy atom. The van der Waals surface area contributed by atoms with E-state index in [1.807, 2.05) is 12.1 Å². The van der Waals surface area contributed by atoms with E-state index in [4.69, 9.17) is 5.11 Å². The molecule has 2 N–H and O–H groups in total. The van der Waals surface area contributed by atoms with Gasteiger partial charge in [0.05, 0.1) is 5.92 Å². The Bertz CT molecular complexity index is 781. The van der Waals surface area contributed by atoms with Crippen molar-refractivity contribution >= 4 is 22.8 Å². The van der Waals surface area contributed by atoms with E-state index < -0.39 is 23.4 Å². The number of hydrogen-bond donors (Lipinski definition) is 2. The van der Waals surface area contributed by atoms with Gasteiger partial charge in [0.2, 0.25) is 0 Å². The summed E-state index contributed by atoms with van der Waals surface area (Å²) in [5, 5.41) is 9.75. The number of amides is 1. The number of fused-ring (bicyclic) bond motifs is 1. The normalized spacial score (nSPS) is 18.1. The van der Waals surface area contributed by atoms with Gasteiger partial charge in [-0.3, -0.25) is 14.4 Å². The summed E-state index contributed by atoms with van der Waals surface area (Å²) in [6.07, 6.45) is 0.423. The average molecular weight is 286 g/mol. The molecule has 0 bridgehead atoms. The molecular formula is C15H14N2O4. The van der Waals surface area contributed by atoms with Gasteiger partial charge in [0, 0.05) is 18.6 Å². The number of rotatable bonds is 2. The van der Waals surface area contributed by atoms with Crippen LogP contribution in [0.25, 0.3) is 10.9 Å².